The molecule has 4 rings (SSSR count). The predicted octanol–water partition coefficient (Wildman–Crippen LogP) is 1.42. The fourth-order valence-electron chi connectivity index (χ4n) is 3.23. The molecule has 12 nitrogen and oxygen atoms in total. The molecule has 0 aromatic carbocycles. The zero-order chi connectivity index (χ0) is 24.4. The molecule has 2 aromatic rings. The minimum Gasteiger partial charge on any atom is -0.477 e. The van der Waals surface area contributed by atoms with Crippen LogP contribution in [0.2, 0.25) is 0 Å². The van der Waals surface area contributed by atoms with E-state index in [1.807, 2.05) is 0 Å². The maximum atomic E-state index is 12.9. The van der Waals surface area contributed by atoms with E-state index in [9.17, 15) is 19.5 Å². The lowest BCUT2D eigenvalue weighted by Gasteiger charge is -2.49. The van der Waals surface area contributed by atoms with E-state index in [2.05, 4.69) is 20.4 Å². The van der Waals surface area contributed by atoms with Crippen molar-refractivity contribution in [1.29, 1.82) is 0 Å². The number of aliphatic carboxylic acids is 1. The number of carbonyl (C=O) groups is 3. The number of thiazole rings is 1. The molecule has 2 aliphatic heterocycles. The van der Waals surface area contributed by atoms with Crippen molar-refractivity contribution in [2.24, 2.45) is 5.16 Å². The molecule has 15 heteroatoms. The number of aromatic nitrogens is 2. The average Bonchev–Trinajstić information content (AvgIpc) is 3.42. The van der Waals surface area contributed by atoms with Gasteiger partial charge in [-0.05, 0) is 35.7 Å². The number of nitrogen functional groups attached to an aromatic ring is 1. The second-order valence-corrected chi connectivity index (χ2v) is 9.76. The molecule has 4 heterocycles. The van der Waals surface area contributed by atoms with Gasteiger partial charge in [0.2, 0.25) is 0 Å². The maximum absolute atomic E-state index is 12.9. The Kier molecular flexibility index (Phi) is 6.95. The standard InChI is InChI=1S/C19H18N6O6S3/c1-8-5-31-19(21-8)32-4-3-9-6-33-16-12(15(27)25(16)13(9)17(28)29)23-14(26)11(24-30-2)10-7-34-18(20)22-10/h3-5,7,12,16H,6H2,1-2H3,(H2,20,22)(H,23,26)(H,28,29). The quantitative estimate of drug-likeness (QED) is 0.198. The van der Waals surface area contributed by atoms with Crippen LogP contribution < -0.4 is 11.1 Å². The van der Waals surface area contributed by atoms with Gasteiger partial charge in [0.15, 0.2) is 10.8 Å². The highest BCUT2D eigenvalue weighted by atomic mass is 32.2. The number of aryl methyl sites for hydroxylation is 1. The van der Waals surface area contributed by atoms with Gasteiger partial charge in [-0.15, -0.1) is 23.1 Å². The summed E-state index contributed by atoms with van der Waals surface area (Å²) >= 11 is 3.65. The van der Waals surface area contributed by atoms with Crippen LogP contribution in [0.1, 0.15) is 11.4 Å². The third-order valence-corrected chi connectivity index (χ3v) is 7.32. The molecule has 0 saturated carbocycles. The first kappa shape index (κ1) is 23.8. The number of hydrogen-bond donors (Lipinski definition) is 3. The minimum absolute atomic E-state index is 0.127. The number of amides is 2. The number of β-lactam (4-membered cyclic amide) rings is 1. The number of rotatable bonds is 8. The van der Waals surface area contributed by atoms with Crippen LogP contribution in [-0.2, 0) is 19.2 Å². The second-order valence-electron chi connectivity index (χ2n) is 6.91. The summed E-state index contributed by atoms with van der Waals surface area (Å²) in [6, 6.07) is -0.930. The van der Waals surface area contributed by atoms with E-state index in [1.54, 1.807) is 23.8 Å². The molecule has 0 aliphatic carbocycles. The number of nitrogens with one attached hydrogen (secondary N) is 1. The number of anilines is 1. The van der Waals surface area contributed by atoms with Crippen molar-refractivity contribution in [3.8, 4) is 0 Å². The van der Waals surface area contributed by atoms with Gasteiger partial charge in [0, 0.05) is 11.1 Å². The smallest absolute Gasteiger partial charge is 0.352 e. The zero-order valence-corrected chi connectivity index (χ0v) is 20.2. The number of fused-ring (bicyclic) bond motifs is 1. The summed E-state index contributed by atoms with van der Waals surface area (Å²) in [7, 11) is 1.27. The van der Waals surface area contributed by atoms with E-state index < -0.39 is 29.2 Å². The summed E-state index contributed by atoms with van der Waals surface area (Å²) in [5, 5.41) is 19.4. The third-order valence-electron chi connectivity index (χ3n) is 4.69. The van der Waals surface area contributed by atoms with Crippen LogP contribution >= 0.6 is 34.9 Å². The van der Waals surface area contributed by atoms with Crippen LogP contribution in [0.15, 0.2) is 49.2 Å². The van der Waals surface area contributed by atoms with Gasteiger partial charge in [-0.3, -0.25) is 14.5 Å². The molecule has 1 fully saturated rings. The summed E-state index contributed by atoms with van der Waals surface area (Å²) < 4.78 is 5.24. The van der Waals surface area contributed by atoms with Crippen molar-refractivity contribution in [3.05, 3.63) is 45.8 Å². The van der Waals surface area contributed by atoms with E-state index in [0.29, 0.717) is 16.5 Å². The van der Waals surface area contributed by atoms with Gasteiger partial charge >= 0.3 is 5.97 Å². The van der Waals surface area contributed by atoms with Gasteiger partial charge < -0.3 is 25.4 Å². The second kappa shape index (κ2) is 9.90. The average molecular weight is 523 g/mol. The van der Waals surface area contributed by atoms with Gasteiger partial charge in [0.1, 0.15) is 36.2 Å². The zero-order valence-electron chi connectivity index (χ0n) is 17.8. The van der Waals surface area contributed by atoms with Crippen LogP contribution in [0, 0.1) is 6.92 Å². The number of carboxylic acids is 1. The normalized spacial score (nSPS) is 20.4. The molecule has 2 unspecified atom stereocenters. The Hall–Kier alpha value is -3.30. The predicted molar refractivity (Wildman–Crippen MR) is 126 cm³/mol. The fourth-order valence-corrected chi connectivity index (χ4v) is 5.75. The number of allylic oxidation sites excluding steroid dienone is 1. The number of carboxylic acid groups (broad SMARTS) is 1. The number of oxazole rings is 1. The molecule has 2 amide bonds. The Balaban J connectivity index is 1.49. The molecular formula is C19H18N6O6S3. The number of hydrogen-bond acceptors (Lipinski definition) is 12. The molecule has 0 spiro atoms. The maximum Gasteiger partial charge on any atom is 0.352 e. The molecule has 0 radical (unpaired) electrons. The number of carbonyl (C=O) groups excluding carboxylic acids is 2. The Bertz CT molecular complexity index is 1230. The lowest BCUT2D eigenvalue weighted by atomic mass is 10.0. The van der Waals surface area contributed by atoms with E-state index in [1.165, 1.54) is 41.8 Å². The molecule has 34 heavy (non-hydrogen) atoms. The van der Waals surface area contributed by atoms with Crippen LogP contribution in [-0.4, -0.2) is 67.7 Å². The monoisotopic (exact) mass is 522 g/mol. The lowest BCUT2D eigenvalue weighted by molar-refractivity contribution is -0.150. The Morgan fingerprint density at radius 3 is 2.88 bits per heavy atom. The molecule has 2 aliphatic rings. The summed E-state index contributed by atoms with van der Waals surface area (Å²) in [5.41, 5.74) is 6.76. The molecule has 2 atom stereocenters. The number of thioether (sulfide) groups is 2. The topological polar surface area (TPSA) is 173 Å². The van der Waals surface area contributed by atoms with Crippen molar-refractivity contribution in [2.75, 3.05) is 18.6 Å². The summed E-state index contributed by atoms with van der Waals surface area (Å²) in [6.07, 6.45) is 3.13. The Labute approximate surface area is 205 Å². The highest BCUT2D eigenvalue weighted by Gasteiger charge is 2.54. The largest absolute Gasteiger partial charge is 0.477 e. The van der Waals surface area contributed by atoms with Crippen LogP contribution in [0.3, 0.4) is 0 Å². The van der Waals surface area contributed by atoms with Crippen LogP contribution in [0.25, 0.3) is 0 Å². The van der Waals surface area contributed by atoms with Crippen molar-refractivity contribution >= 4 is 63.5 Å². The van der Waals surface area contributed by atoms with Crippen molar-refractivity contribution in [3.63, 3.8) is 0 Å². The number of nitrogens with two attached hydrogens (primary N) is 1. The SMILES string of the molecule is CON=C(C(=O)NC1C(=O)N2C(C(=O)O)=C(C=CSc3nc(C)co3)CSC12)c1csc(N)n1. The first-order chi connectivity index (χ1) is 16.3. The van der Waals surface area contributed by atoms with Gasteiger partial charge in [0.05, 0.1) is 5.69 Å². The van der Waals surface area contributed by atoms with Crippen molar-refractivity contribution < 1.29 is 28.7 Å². The number of nitrogens with zero attached hydrogens (tertiary/aromatic N) is 4. The highest BCUT2D eigenvalue weighted by Crippen LogP contribution is 2.41. The molecular weight excluding hydrogens is 504 g/mol. The van der Waals surface area contributed by atoms with Gasteiger partial charge in [-0.1, -0.05) is 5.16 Å². The summed E-state index contributed by atoms with van der Waals surface area (Å²) in [4.78, 5) is 51.7. The van der Waals surface area contributed by atoms with Crippen molar-refractivity contribution in [2.45, 2.75) is 23.6 Å². The van der Waals surface area contributed by atoms with Crippen LogP contribution in [0.5, 0.6) is 0 Å². The van der Waals surface area contributed by atoms with Gasteiger partial charge in [-0.2, -0.15) is 0 Å². The summed E-state index contributed by atoms with van der Waals surface area (Å²) in [6.45, 7) is 1.79. The Morgan fingerprint density at radius 2 is 2.26 bits per heavy atom. The first-order valence-corrected chi connectivity index (χ1v) is 12.4. The molecule has 4 N–H and O–H groups in total. The van der Waals surface area contributed by atoms with E-state index in [-0.39, 0.29) is 22.2 Å². The Morgan fingerprint density at radius 1 is 1.47 bits per heavy atom. The molecule has 1 saturated heterocycles. The fraction of sp³-hybridized carbons (Fsp3) is 0.263. The molecule has 2 aromatic heterocycles. The molecule has 0 bridgehead atoms. The van der Waals surface area contributed by atoms with E-state index >= 15 is 0 Å². The van der Waals surface area contributed by atoms with Crippen LogP contribution in [0.4, 0.5) is 5.13 Å². The number of oxime groups is 1. The third kappa shape index (κ3) is 4.67. The lowest BCUT2D eigenvalue weighted by Crippen LogP contribution is -2.71. The minimum atomic E-state index is -1.24. The van der Waals surface area contributed by atoms with E-state index in [4.69, 9.17) is 15.0 Å². The van der Waals surface area contributed by atoms with Gasteiger partial charge in [0.25, 0.3) is 17.0 Å². The highest BCUT2D eigenvalue weighted by molar-refractivity contribution is 8.02. The first-order valence-electron chi connectivity index (χ1n) is 9.60. The van der Waals surface area contributed by atoms with Gasteiger partial charge in [-0.25, -0.2) is 14.8 Å². The van der Waals surface area contributed by atoms with Crippen molar-refractivity contribution in [1.82, 2.24) is 20.2 Å². The molecule has 178 valence electrons. The summed E-state index contributed by atoms with van der Waals surface area (Å²) in [5.74, 6) is -2.14. The van der Waals surface area contributed by atoms with E-state index in [0.717, 1.165) is 17.0 Å².